The summed E-state index contributed by atoms with van der Waals surface area (Å²) >= 11 is 10.3. The molecule has 0 radical (unpaired) electrons. The van der Waals surface area contributed by atoms with Crippen molar-refractivity contribution in [1.82, 2.24) is 0 Å². The minimum Gasteiger partial charge on any atom is -0.398 e. The van der Waals surface area contributed by atoms with Crippen LogP contribution in [0.2, 0.25) is 5.02 Å². The highest BCUT2D eigenvalue weighted by Gasteiger charge is 2.31. The number of fused-ring (bicyclic) bond motifs is 1. The fourth-order valence-electron chi connectivity index (χ4n) is 2.43. The van der Waals surface area contributed by atoms with E-state index in [4.69, 9.17) is 17.3 Å². The van der Waals surface area contributed by atoms with Gasteiger partial charge in [0.15, 0.2) is 0 Å². The van der Waals surface area contributed by atoms with E-state index in [2.05, 4.69) is 15.9 Å². The lowest BCUT2D eigenvalue weighted by atomic mass is 10.0. The van der Waals surface area contributed by atoms with Crippen LogP contribution in [-0.2, 0) is 16.4 Å². The maximum atomic E-state index is 12.8. The van der Waals surface area contributed by atoms with E-state index in [-0.39, 0.29) is 4.21 Å². The molecule has 3 rings (SSSR count). The Morgan fingerprint density at radius 1 is 1.38 bits per heavy atom. The Morgan fingerprint density at radius 2 is 2.14 bits per heavy atom. The Labute approximate surface area is 140 Å². The van der Waals surface area contributed by atoms with Crippen LogP contribution in [-0.4, -0.2) is 15.0 Å². The molecule has 1 aliphatic heterocycles. The molecular formula is C13H12BrClN2O2S2. The summed E-state index contributed by atoms with van der Waals surface area (Å²) in [6.45, 7) is 0.450. The highest BCUT2D eigenvalue weighted by atomic mass is 79.9. The van der Waals surface area contributed by atoms with Crippen LogP contribution in [0.3, 0.4) is 0 Å². The van der Waals surface area contributed by atoms with Crippen LogP contribution in [0.1, 0.15) is 12.0 Å². The second-order valence-corrected chi connectivity index (χ2v) is 9.58. The number of anilines is 2. The molecule has 0 unspecified atom stereocenters. The molecule has 2 aromatic rings. The Hall–Kier alpha value is -0.760. The number of nitrogens with two attached hydrogens (primary N) is 1. The van der Waals surface area contributed by atoms with Crippen LogP contribution in [0.4, 0.5) is 11.4 Å². The Kier molecular flexibility index (Phi) is 3.94. The topological polar surface area (TPSA) is 63.4 Å². The van der Waals surface area contributed by atoms with Crippen molar-refractivity contribution in [1.29, 1.82) is 0 Å². The molecular weight excluding hydrogens is 396 g/mol. The number of thiophene rings is 1. The number of hydrogen-bond acceptors (Lipinski definition) is 4. The average molecular weight is 408 g/mol. The number of sulfonamides is 1. The van der Waals surface area contributed by atoms with E-state index >= 15 is 0 Å². The molecule has 4 nitrogen and oxygen atoms in total. The van der Waals surface area contributed by atoms with Crippen molar-refractivity contribution in [2.75, 3.05) is 16.6 Å². The van der Waals surface area contributed by atoms with Crippen molar-refractivity contribution in [3.05, 3.63) is 38.6 Å². The van der Waals surface area contributed by atoms with Gasteiger partial charge in [-0.3, -0.25) is 4.31 Å². The summed E-state index contributed by atoms with van der Waals surface area (Å²) in [4.78, 5) is 0. The number of nitrogens with zero attached hydrogens (tertiary/aromatic N) is 1. The quantitative estimate of drug-likeness (QED) is 0.768. The second-order valence-electron chi connectivity index (χ2n) is 4.71. The predicted octanol–water partition coefficient (Wildman–Crippen LogP) is 3.89. The van der Waals surface area contributed by atoms with E-state index in [1.165, 1.54) is 10.4 Å². The van der Waals surface area contributed by atoms with Crippen LogP contribution >= 0.6 is 38.9 Å². The predicted molar refractivity (Wildman–Crippen MR) is 90.7 cm³/mol. The van der Waals surface area contributed by atoms with Gasteiger partial charge in [0.2, 0.25) is 0 Å². The monoisotopic (exact) mass is 406 g/mol. The summed E-state index contributed by atoms with van der Waals surface area (Å²) in [6, 6.07) is 6.85. The molecule has 0 fully saturated rings. The largest absolute Gasteiger partial charge is 0.398 e. The van der Waals surface area contributed by atoms with Gasteiger partial charge in [-0.15, -0.1) is 11.3 Å². The van der Waals surface area contributed by atoms with E-state index in [9.17, 15) is 8.42 Å². The molecule has 8 heteroatoms. The van der Waals surface area contributed by atoms with E-state index in [1.54, 1.807) is 18.2 Å². The average Bonchev–Trinajstić information content (AvgIpc) is 2.79. The molecule has 2 N–H and O–H groups in total. The van der Waals surface area contributed by atoms with Crippen LogP contribution in [0, 0.1) is 0 Å². The molecule has 112 valence electrons. The maximum absolute atomic E-state index is 12.8. The summed E-state index contributed by atoms with van der Waals surface area (Å²) in [7, 11) is -3.61. The Bertz CT molecular complexity index is 785. The van der Waals surface area contributed by atoms with Crippen molar-refractivity contribution < 1.29 is 8.42 Å². The van der Waals surface area contributed by atoms with Gasteiger partial charge in [0.25, 0.3) is 10.0 Å². The van der Waals surface area contributed by atoms with E-state index in [0.29, 0.717) is 26.7 Å². The lowest BCUT2D eigenvalue weighted by Gasteiger charge is -2.30. The molecule has 1 aromatic heterocycles. The SMILES string of the molecule is Nc1cccc2c1CCCN2S(=O)(=O)c1cc(Cl)c(Br)s1. The number of benzene rings is 1. The molecule has 1 aromatic carbocycles. The lowest BCUT2D eigenvalue weighted by Crippen LogP contribution is -2.35. The first-order chi connectivity index (χ1) is 9.91. The van der Waals surface area contributed by atoms with Crippen LogP contribution in [0.15, 0.2) is 32.3 Å². The molecule has 21 heavy (non-hydrogen) atoms. The smallest absolute Gasteiger partial charge is 0.273 e. The van der Waals surface area contributed by atoms with Crippen molar-refractivity contribution in [3.8, 4) is 0 Å². The Balaban J connectivity index is 2.12. The van der Waals surface area contributed by atoms with Crippen molar-refractivity contribution in [3.63, 3.8) is 0 Å². The van der Waals surface area contributed by atoms with Gasteiger partial charge in [-0.2, -0.15) is 0 Å². The van der Waals surface area contributed by atoms with Gasteiger partial charge >= 0.3 is 0 Å². The van der Waals surface area contributed by atoms with Gasteiger partial charge in [-0.05, 0) is 52.5 Å². The van der Waals surface area contributed by atoms with E-state index in [0.717, 1.165) is 29.7 Å². The van der Waals surface area contributed by atoms with E-state index < -0.39 is 10.0 Å². The minimum atomic E-state index is -3.61. The summed E-state index contributed by atoms with van der Waals surface area (Å²) in [6.07, 6.45) is 1.55. The number of halogens is 2. The number of hydrogen-bond donors (Lipinski definition) is 1. The zero-order valence-corrected chi connectivity index (χ0v) is 14.8. The van der Waals surface area contributed by atoms with Crippen molar-refractivity contribution in [2.24, 2.45) is 0 Å². The minimum absolute atomic E-state index is 0.231. The van der Waals surface area contributed by atoms with Gasteiger partial charge in [-0.1, -0.05) is 17.7 Å². The van der Waals surface area contributed by atoms with Crippen LogP contribution in [0.25, 0.3) is 0 Å². The molecule has 0 bridgehead atoms. The third-order valence-corrected chi connectivity index (χ3v) is 8.15. The summed E-state index contributed by atoms with van der Waals surface area (Å²) < 4.78 is 28.0. The highest BCUT2D eigenvalue weighted by molar-refractivity contribution is 9.11. The molecule has 0 amide bonds. The zero-order chi connectivity index (χ0) is 15.2. The van der Waals surface area contributed by atoms with Gasteiger partial charge < -0.3 is 5.73 Å². The maximum Gasteiger partial charge on any atom is 0.273 e. The van der Waals surface area contributed by atoms with Gasteiger partial charge in [0.1, 0.15) is 4.21 Å². The number of nitrogen functional groups attached to an aromatic ring is 1. The normalized spacial score (nSPS) is 15.0. The second kappa shape index (κ2) is 5.46. The fourth-order valence-corrected chi connectivity index (χ4v) is 6.48. The summed E-state index contributed by atoms with van der Waals surface area (Å²) in [5, 5.41) is 0.406. The van der Waals surface area contributed by atoms with Gasteiger partial charge in [-0.25, -0.2) is 8.42 Å². The summed E-state index contributed by atoms with van der Waals surface area (Å²) in [5.74, 6) is 0. The van der Waals surface area contributed by atoms with Gasteiger partial charge in [0.05, 0.1) is 14.5 Å². The van der Waals surface area contributed by atoms with Gasteiger partial charge in [0, 0.05) is 12.2 Å². The van der Waals surface area contributed by atoms with Crippen LogP contribution < -0.4 is 10.0 Å². The van der Waals surface area contributed by atoms with Crippen molar-refractivity contribution in [2.45, 2.75) is 17.1 Å². The van der Waals surface area contributed by atoms with Crippen LogP contribution in [0.5, 0.6) is 0 Å². The van der Waals surface area contributed by atoms with E-state index in [1.807, 2.05) is 0 Å². The molecule has 0 atom stereocenters. The first-order valence-electron chi connectivity index (χ1n) is 6.26. The standard InChI is InChI=1S/C13H12BrClN2O2S2/c14-13-9(15)7-12(20-13)21(18,19)17-6-2-3-8-10(16)4-1-5-11(8)17/h1,4-5,7H,2-3,6,16H2. The molecule has 0 saturated carbocycles. The molecule has 2 heterocycles. The molecule has 0 saturated heterocycles. The third-order valence-electron chi connectivity index (χ3n) is 3.41. The molecule has 0 spiro atoms. The Morgan fingerprint density at radius 3 is 2.81 bits per heavy atom. The first kappa shape index (κ1) is 15.1. The summed E-state index contributed by atoms with van der Waals surface area (Å²) in [5.41, 5.74) is 8.17. The highest BCUT2D eigenvalue weighted by Crippen LogP contribution is 2.40. The third kappa shape index (κ3) is 2.56. The molecule has 0 aliphatic carbocycles. The molecule has 1 aliphatic rings. The number of rotatable bonds is 2. The first-order valence-corrected chi connectivity index (χ1v) is 9.69. The lowest BCUT2D eigenvalue weighted by molar-refractivity contribution is 0.588. The van der Waals surface area contributed by atoms with Crippen molar-refractivity contribution >= 4 is 60.3 Å². The zero-order valence-electron chi connectivity index (χ0n) is 10.8. The fraction of sp³-hybridized carbons (Fsp3) is 0.231.